The van der Waals surface area contributed by atoms with E-state index >= 15 is 0 Å². The molecule has 0 aliphatic heterocycles. The minimum atomic E-state index is -0.161. The molecule has 6 nitrogen and oxygen atoms in total. The summed E-state index contributed by atoms with van der Waals surface area (Å²) >= 11 is 0. The molecule has 6 heteroatoms. The first kappa shape index (κ1) is 18.7. The molecule has 0 saturated heterocycles. The summed E-state index contributed by atoms with van der Waals surface area (Å²) in [5, 5.41) is 2.84. The van der Waals surface area contributed by atoms with Gasteiger partial charge in [0, 0.05) is 32.3 Å². The van der Waals surface area contributed by atoms with Crippen LogP contribution in [0.2, 0.25) is 0 Å². The molecule has 2 rings (SSSR count). The fourth-order valence-corrected chi connectivity index (χ4v) is 2.39. The summed E-state index contributed by atoms with van der Waals surface area (Å²) in [6.45, 7) is 4.86. The van der Waals surface area contributed by atoms with E-state index in [1.165, 1.54) is 6.26 Å². The lowest BCUT2D eigenvalue weighted by Crippen LogP contribution is -2.36. The van der Waals surface area contributed by atoms with Crippen LogP contribution >= 0.6 is 0 Å². The third-order valence-corrected chi connectivity index (χ3v) is 3.89. The lowest BCUT2D eigenvalue weighted by atomic mass is 10.2. The highest BCUT2D eigenvalue weighted by molar-refractivity contribution is 5.96. The van der Waals surface area contributed by atoms with Gasteiger partial charge in [-0.25, -0.2) is 0 Å². The van der Waals surface area contributed by atoms with Gasteiger partial charge in [-0.05, 0) is 32.0 Å². The largest absolute Gasteiger partial charge is 0.469 e. The molecule has 2 aromatic rings. The second-order valence-corrected chi connectivity index (χ2v) is 5.84. The molecule has 1 heterocycles. The van der Waals surface area contributed by atoms with Crippen molar-refractivity contribution in [3.8, 4) is 0 Å². The standard InChI is InChI=1S/C19H24N2O4/c1-14-4-6-16(7-5-14)20-18(22)8-10-21(11-13-24-3)19(23)17-9-12-25-15(17)2/h4-7,9,12H,8,10-11,13H2,1-3H3,(H,20,22). The second-order valence-electron chi connectivity index (χ2n) is 5.84. The van der Waals surface area contributed by atoms with Crippen LogP contribution in [0.3, 0.4) is 0 Å². The highest BCUT2D eigenvalue weighted by atomic mass is 16.5. The van der Waals surface area contributed by atoms with Crippen LogP contribution in [0.4, 0.5) is 5.69 Å². The van der Waals surface area contributed by atoms with Crippen LogP contribution in [0.5, 0.6) is 0 Å². The van der Waals surface area contributed by atoms with Crippen LogP contribution in [-0.4, -0.2) is 43.5 Å². The average Bonchev–Trinajstić information content (AvgIpc) is 3.02. The van der Waals surface area contributed by atoms with Crippen LogP contribution in [-0.2, 0) is 9.53 Å². The van der Waals surface area contributed by atoms with Crippen molar-refractivity contribution in [2.75, 3.05) is 32.1 Å². The number of carbonyl (C=O) groups excluding carboxylic acids is 2. The van der Waals surface area contributed by atoms with Crippen molar-refractivity contribution in [2.24, 2.45) is 0 Å². The normalized spacial score (nSPS) is 10.5. The van der Waals surface area contributed by atoms with Crippen LogP contribution in [0.15, 0.2) is 41.0 Å². The van der Waals surface area contributed by atoms with Crippen LogP contribution in [0.25, 0.3) is 0 Å². The molecule has 0 atom stereocenters. The average molecular weight is 344 g/mol. The summed E-state index contributed by atoms with van der Waals surface area (Å²) < 4.78 is 10.3. The molecular formula is C19H24N2O4. The Balaban J connectivity index is 1.94. The number of hydrogen-bond acceptors (Lipinski definition) is 4. The van der Waals surface area contributed by atoms with Gasteiger partial charge in [-0.15, -0.1) is 0 Å². The van der Waals surface area contributed by atoms with Crippen molar-refractivity contribution < 1.29 is 18.7 Å². The number of furan rings is 1. The first-order valence-corrected chi connectivity index (χ1v) is 8.20. The van der Waals surface area contributed by atoms with Gasteiger partial charge < -0.3 is 19.4 Å². The predicted octanol–water partition coefficient (Wildman–Crippen LogP) is 3.01. The van der Waals surface area contributed by atoms with Gasteiger partial charge in [0.15, 0.2) is 0 Å². The Labute approximate surface area is 147 Å². The molecule has 0 radical (unpaired) electrons. The number of nitrogens with zero attached hydrogens (tertiary/aromatic N) is 1. The maximum Gasteiger partial charge on any atom is 0.257 e. The lowest BCUT2D eigenvalue weighted by Gasteiger charge is -2.22. The van der Waals surface area contributed by atoms with E-state index < -0.39 is 0 Å². The summed E-state index contributed by atoms with van der Waals surface area (Å²) in [4.78, 5) is 26.4. The van der Waals surface area contributed by atoms with E-state index in [0.717, 1.165) is 11.3 Å². The maximum absolute atomic E-state index is 12.6. The Morgan fingerprint density at radius 1 is 1.12 bits per heavy atom. The Bertz CT molecular complexity index is 706. The van der Waals surface area contributed by atoms with E-state index in [9.17, 15) is 9.59 Å². The number of rotatable bonds is 8. The van der Waals surface area contributed by atoms with Gasteiger partial charge in [0.2, 0.25) is 5.91 Å². The molecule has 0 aliphatic carbocycles. The predicted molar refractivity (Wildman–Crippen MR) is 95.7 cm³/mol. The Morgan fingerprint density at radius 2 is 1.84 bits per heavy atom. The topological polar surface area (TPSA) is 71.8 Å². The summed E-state index contributed by atoms with van der Waals surface area (Å²) in [7, 11) is 1.58. The molecule has 0 unspecified atom stereocenters. The highest BCUT2D eigenvalue weighted by Gasteiger charge is 2.20. The smallest absolute Gasteiger partial charge is 0.257 e. The molecule has 134 valence electrons. The van der Waals surface area contributed by atoms with Crippen molar-refractivity contribution >= 4 is 17.5 Å². The molecule has 0 saturated carbocycles. The molecule has 2 amide bonds. The van der Waals surface area contributed by atoms with E-state index in [0.29, 0.717) is 31.0 Å². The fourth-order valence-electron chi connectivity index (χ4n) is 2.39. The fraction of sp³-hybridized carbons (Fsp3) is 0.368. The zero-order valence-electron chi connectivity index (χ0n) is 14.9. The number of nitrogens with one attached hydrogen (secondary N) is 1. The number of anilines is 1. The first-order valence-electron chi connectivity index (χ1n) is 8.20. The molecule has 1 N–H and O–H groups in total. The molecular weight excluding hydrogens is 320 g/mol. The first-order chi connectivity index (χ1) is 12.0. The Morgan fingerprint density at radius 3 is 2.44 bits per heavy atom. The van der Waals surface area contributed by atoms with Crippen molar-refractivity contribution in [3.63, 3.8) is 0 Å². The minimum absolute atomic E-state index is 0.136. The summed E-state index contributed by atoms with van der Waals surface area (Å²) in [5.74, 6) is 0.269. The third-order valence-electron chi connectivity index (χ3n) is 3.89. The number of ether oxygens (including phenoxy) is 1. The molecule has 1 aromatic carbocycles. The van der Waals surface area contributed by atoms with Crippen LogP contribution in [0, 0.1) is 13.8 Å². The van der Waals surface area contributed by atoms with Gasteiger partial charge in [0.25, 0.3) is 5.91 Å². The van der Waals surface area contributed by atoms with Gasteiger partial charge in [-0.1, -0.05) is 17.7 Å². The van der Waals surface area contributed by atoms with Crippen LogP contribution < -0.4 is 5.32 Å². The van der Waals surface area contributed by atoms with E-state index in [1.807, 2.05) is 31.2 Å². The molecule has 0 aliphatic rings. The van der Waals surface area contributed by atoms with E-state index in [2.05, 4.69) is 5.32 Å². The zero-order valence-corrected chi connectivity index (χ0v) is 14.9. The van der Waals surface area contributed by atoms with Crippen molar-refractivity contribution in [1.82, 2.24) is 4.90 Å². The number of hydrogen-bond donors (Lipinski definition) is 1. The van der Waals surface area contributed by atoms with Gasteiger partial charge in [-0.3, -0.25) is 9.59 Å². The van der Waals surface area contributed by atoms with E-state index in [1.54, 1.807) is 25.0 Å². The number of aryl methyl sites for hydroxylation is 2. The lowest BCUT2D eigenvalue weighted by molar-refractivity contribution is -0.116. The second kappa shape index (κ2) is 9.03. The van der Waals surface area contributed by atoms with Gasteiger partial charge in [0.05, 0.1) is 18.4 Å². The number of methoxy groups -OCH3 is 1. The SMILES string of the molecule is COCCN(CCC(=O)Nc1ccc(C)cc1)C(=O)c1ccoc1C. The number of amides is 2. The maximum atomic E-state index is 12.6. The molecule has 0 spiro atoms. The Kier molecular flexibility index (Phi) is 6.77. The summed E-state index contributed by atoms with van der Waals surface area (Å²) in [5.41, 5.74) is 2.39. The number of carbonyl (C=O) groups is 2. The number of benzene rings is 1. The molecule has 0 fully saturated rings. The summed E-state index contributed by atoms with van der Waals surface area (Å²) in [6, 6.07) is 9.23. The highest BCUT2D eigenvalue weighted by Crippen LogP contribution is 2.13. The molecule has 1 aromatic heterocycles. The van der Waals surface area contributed by atoms with Crippen molar-refractivity contribution in [1.29, 1.82) is 0 Å². The van der Waals surface area contributed by atoms with E-state index in [-0.39, 0.29) is 18.2 Å². The van der Waals surface area contributed by atoms with Crippen LogP contribution in [0.1, 0.15) is 28.1 Å². The zero-order chi connectivity index (χ0) is 18.2. The van der Waals surface area contributed by atoms with E-state index in [4.69, 9.17) is 9.15 Å². The van der Waals surface area contributed by atoms with Crippen molar-refractivity contribution in [2.45, 2.75) is 20.3 Å². The van der Waals surface area contributed by atoms with Crippen molar-refractivity contribution in [3.05, 3.63) is 53.5 Å². The quantitative estimate of drug-likeness (QED) is 0.799. The monoisotopic (exact) mass is 344 g/mol. The van der Waals surface area contributed by atoms with Gasteiger partial charge >= 0.3 is 0 Å². The van der Waals surface area contributed by atoms with Gasteiger partial charge in [-0.2, -0.15) is 0 Å². The Hall–Kier alpha value is -2.60. The third kappa shape index (κ3) is 5.46. The van der Waals surface area contributed by atoms with Gasteiger partial charge in [0.1, 0.15) is 5.76 Å². The molecule has 25 heavy (non-hydrogen) atoms. The minimum Gasteiger partial charge on any atom is -0.469 e. The molecule has 0 bridgehead atoms. The summed E-state index contributed by atoms with van der Waals surface area (Å²) in [6.07, 6.45) is 1.70.